The van der Waals surface area contributed by atoms with Crippen LogP contribution < -0.4 is 5.73 Å². The van der Waals surface area contributed by atoms with Gasteiger partial charge < -0.3 is 16.4 Å². The van der Waals surface area contributed by atoms with E-state index in [0.29, 0.717) is 54.9 Å². The number of piperidine rings is 1. The van der Waals surface area contributed by atoms with Gasteiger partial charge in [0.05, 0.1) is 11.6 Å². The van der Waals surface area contributed by atoms with Gasteiger partial charge in [-0.1, -0.05) is 5.57 Å². The zero-order chi connectivity index (χ0) is 18.9. The third-order valence-corrected chi connectivity index (χ3v) is 4.14. The Balaban J connectivity index is 0.000000310. The fraction of sp³-hybridized carbons (Fsp3) is 0.368. The number of allylic oxidation sites excluding steroid dienone is 1. The van der Waals surface area contributed by atoms with Crippen LogP contribution in [0.4, 0.5) is 8.78 Å². The quantitative estimate of drug-likeness (QED) is 0.555. The Morgan fingerprint density at radius 1 is 1.07 bits per heavy atom. The first kappa shape index (κ1) is 23.6. The maximum atomic E-state index is 13.1. The van der Waals surface area contributed by atoms with Crippen LogP contribution in [0, 0.1) is 23.0 Å². The topological polar surface area (TPSA) is 95.1 Å². The van der Waals surface area contributed by atoms with Crippen LogP contribution in [-0.4, -0.2) is 32.5 Å². The van der Waals surface area contributed by atoms with E-state index in [1.807, 2.05) is 6.07 Å². The Labute approximate surface area is 182 Å². The summed E-state index contributed by atoms with van der Waals surface area (Å²) in [5, 5.41) is 17.3. The van der Waals surface area contributed by atoms with Crippen LogP contribution in [-0.2, 0) is 37.5 Å². The van der Waals surface area contributed by atoms with Crippen LogP contribution >= 0.6 is 0 Å². The second-order valence-electron chi connectivity index (χ2n) is 5.94. The van der Waals surface area contributed by atoms with Crippen LogP contribution in [0.25, 0.3) is 16.2 Å². The Bertz CT molecular complexity index is 743. The van der Waals surface area contributed by atoms with Crippen molar-refractivity contribution in [1.82, 2.24) is 0 Å². The fourth-order valence-corrected chi connectivity index (χ4v) is 2.73. The molecular weight excluding hydrogens is 427 g/mol. The molecule has 0 bridgehead atoms. The van der Waals surface area contributed by atoms with E-state index >= 15 is 0 Å². The molecule has 0 aliphatic carbocycles. The molecule has 1 aromatic rings. The van der Waals surface area contributed by atoms with Gasteiger partial charge in [0.25, 0.3) is 0 Å². The van der Waals surface area contributed by atoms with Gasteiger partial charge in [-0.05, 0) is 42.5 Å². The smallest absolute Gasteiger partial charge is 0.145 e. The molecule has 0 amide bonds. The second kappa shape index (κ2) is 12.1. The molecule has 0 atom stereocenters. The number of carbonyl (C=O) groups excluding carboxylic acids is 1. The van der Waals surface area contributed by atoms with E-state index in [2.05, 4.69) is 10.6 Å². The molecule has 2 heterocycles. The maximum Gasteiger partial charge on any atom is 0.145 e. The summed E-state index contributed by atoms with van der Waals surface area (Å²) in [6.07, 6.45) is 2.92. The fourth-order valence-electron chi connectivity index (χ4n) is 2.73. The van der Waals surface area contributed by atoms with Crippen molar-refractivity contribution in [3.63, 3.8) is 0 Å². The molecule has 2 aliphatic rings. The molecule has 3 rings (SSSR count). The molecule has 2 N–H and O–H groups in total. The SMILES string of the molecule is N#CC(=C1CC[N-]CC1)c1cc(F)cc(F)c1.NC1=C(C=O)C[N-]CC1.[Y]. The van der Waals surface area contributed by atoms with Gasteiger partial charge in [-0.3, -0.25) is 4.79 Å². The molecule has 141 valence electrons. The van der Waals surface area contributed by atoms with Crippen molar-refractivity contribution >= 4 is 11.9 Å². The van der Waals surface area contributed by atoms with Crippen molar-refractivity contribution in [3.8, 4) is 6.07 Å². The van der Waals surface area contributed by atoms with Crippen LogP contribution in [0.1, 0.15) is 24.8 Å². The number of aldehydes is 1. The minimum Gasteiger partial charge on any atom is -0.662 e. The standard InChI is InChI=1S/C13H11F2N2.C6H9N2O.Y/c14-11-5-10(6-12(15)7-11)13(8-16)9-1-3-17-4-2-9;7-6-1-2-8-3-5(6)4-9;/h5-7H,1-4H2;4H,1-3,7H2;/q2*-1;. The van der Waals surface area contributed by atoms with Crippen LogP contribution in [0.3, 0.4) is 0 Å². The summed E-state index contributed by atoms with van der Waals surface area (Å²) >= 11 is 0. The summed E-state index contributed by atoms with van der Waals surface area (Å²) in [7, 11) is 0. The summed E-state index contributed by atoms with van der Waals surface area (Å²) in [4.78, 5) is 10.2. The first-order chi connectivity index (χ1) is 12.5. The average molecular weight is 447 g/mol. The maximum absolute atomic E-state index is 13.1. The van der Waals surface area contributed by atoms with Crippen molar-refractivity contribution in [2.75, 3.05) is 26.2 Å². The molecular formula is C19H20F2N4OY-2. The minimum atomic E-state index is -0.658. The van der Waals surface area contributed by atoms with E-state index in [1.54, 1.807) is 0 Å². The predicted octanol–water partition coefficient (Wildman–Crippen LogP) is 3.58. The summed E-state index contributed by atoms with van der Waals surface area (Å²) in [6, 6.07) is 5.24. The molecule has 1 radical (unpaired) electrons. The van der Waals surface area contributed by atoms with Crippen LogP contribution in [0.2, 0.25) is 0 Å². The van der Waals surface area contributed by atoms with Gasteiger partial charge in [-0.2, -0.15) is 5.26 Å². The van der Waals surface area contributed by atoms with Crippen molar-refractivity contribution in [3.05, 3.63) is 62.9 Å². The van der Waals surface area contributed by atoms with E-state index < -0.39 is 11.6 Å². The number of carbonyl (C=O) groups is 1. The Kier molecular flexibility index (Phi) is 10.6. The van der Waals surface area contributed by atoms with Gasteiger partial charge in [0.2, 0.25) is 0 Å². The van der Waals surface area contributed by atoms with Crippen molar-refractivity contribution in [2.45, 2.75) is 19.3 Å². The third kappa shape index (κ3) is 7.23. The number of hydrogen-bond acceptors (Lipinski definition) is 3. The summed E-state index contributed by atoms with van der Waals surface area (Å²) in [5.74, 6) is -1.32. The average Bonchev–Trinajstić information content (AvgIpc) is 2.63. The molecule has 5 nitrogen and oxygen atoms in total. The zero-order valence-corrected chi connectivity index (χ0v) is 17.8. The normalized spacial score (nSPS) is 16.4. The van der Waals surface area contributed by atoms with E-state index in [1.165, 1.54) is 12.1 Å². The number of nitriles is 1. The molecule has 0 spiro atoms. The van der Waals surface area contributed by atoms with Gasteiger partial charge in [0.15, 0.2) is 0 Å². The number of nitrogens with two attached hydrogens (primary N) is 1. The molecule has 1 fully saturated rings. The molecule has 1 aromatic carbocycles. The van der Waals surface area contributed by atoms with Crippen LogP contribution in [0.5, 0.6) is 0 Å². The summed E-state index contributed by atoms with van der Waals surface area (Å²) in [5.41, 5.74) is 8.49. The minimum absolute atomic E-state index is 0. The molecule has 0 saturated carbocycles. The Hall–Kier alpha value is -1.46. The van der Waals surface area contributed by atoms with Crippen molar-refractivity contribution < 1.29 is 46.3 Å². The molecule has 1 saturated heterocycles. The molecule has 0 unspecified atom stereocenters. The Morgan fingerprint density at radius 2 is 1.67 bits per heavy atom. The first-order valence-corrected chi connectivity index (χ1v) is 8.33. The third-order valence-electron chi connectivity index (χ3n) is 4.14. The molecule has 2 aliphatic heterocycles. The van der Waals surface area contributed by atoms with E-state index in [4.69, 9.17) is 11.0 Å². The van der Waals surface area contributed by atoms with Gasteiger partial charge in [0, 0.05) is 44.5 Å². The van der Waals surface area contributed by atoms with Gasteiger partial charge in [-0.25, -0.2) is 8.78 Å². The van der Waals surface area contributed by atoms with Crippen molar-refractivity contribution in [2.24, 2.45) is 5.73 Å². The van der Waals surface area contributed by atoms with Gasteiger partial charge in [-0.15, -0.1) is 26.2 Å². The number of nitrogens with zero attached hydrogens (tertiary/aromatic N) is 3. The van der Waals surface area contributed by atoms with Gasteiger partial charge >= 0.3 is 0 Å². The second-order valence-corrected chi connectivity index (χ2v) is 5.94. The molecule has 27 heavy (non-hydrogen) atoms. The summed E-state index contributed by atoms with van der Waals surface area (Å²) < 4.78 is 26.2. The number of hydrogen-bond donors (Lipinski definition) is 1. The summed E-state index contributed by atoms with van der Waals surface area (Å²) in [6.45, 7) is 2.63. The van der Waals surface area contributed by atoms with Crippen LogP contribution in [0.15, 0.2) is 35.0 Å². The zero-order valence-electron chi connectivity index (χ0n) is 14.9. The van der Waals surface area contributed by atoms with E-state index in [9.17, 15) is 13.6 Å². The van der Waals surface area contributed by atoms with Gasteiger partial charge in [0.1, 0.15) is 17.9 Å². The first-order valence-electron chi connectivity index (χ1n) is 8.33. The number of halogens is 2. The monoisotopic (exact) mass is 447 g/mol. The van der Waals surface area contributed by atoms with E-state index in [0.717, 1.165) is 30.9 Å². The number of benzene rings is 1. The van der Waals surface area contributed by atoms with Crippen molar-refractivity contribution in [1.29, 1.82) is 5.26 Å². The Morgan fingerprint density at radius 3 is 2.15 bits per heavy atom. The predicted molar refractivity (Wildman–Crippen MR) is 96.2 cm³/mol. The number of rotatable bonds is 2. The molecule has 8 heteroatoms. The van der Waals surface area contributed by atoms with E-state index in [-0.39, 0.29) is 32.7 Å². The largest absolute Gasteiger partial charge is 0.662 e. The molecule has 0 aromatic heterocycles.